The zero-order valence-electron chi connectivity index (χ0n) is 11.0. The summed E-state index contributed by atoms with van der Waals surface area (Å²) >= 11 is 0. The molecular formula is C14H24O4. The summed E-state index contributed by atoms with van der Waals surface area (Å²) in [6.07, 6.45) is 3.78. The Morgan fingerprint density at radius 1 is 0.833 bits per heavy atom. The number of hydrogen-bond donors (Lipinski definition) is 2. The topological polar surface area (TPSA) is 58.9 Å². The zero-order chi connectivity index (χ0) is 13.1. The molecule has 0 radical (unpaired) electrons. The molecule has 0 aromatic rings. The first-order valence-electron chi connectivity index (χ1n) is 6.78. The molecule has 0 aromatic carbocycles. The van der Waals surface area contributed by atoms with Gasteiger partial charge >= 0.3 is 0 Å². The molecular weight excluding hydrogens is 232 g/mol. The van der Waals surface area contributed by atoms with E-state index in [0.717, 1.165) is 5.57 Å². The molecule has 18 heavy (non-hydrogen) atoms. The summed E-state index contributed by atoms with van der Waals surface area (Å²) in [6, 6.07) is 0. The van der Waals surface area contributed by atoms with E-state index in [4.69, 9.17) is 9.47 Å². The fourth-order valence-electron chi connectivity index (χ4n) is 2.85. The molecule has 0 saturated carbocycles. The lowest BCUT2D eigenvalue weighted by Crippen LogP contribution is -2.39. The van der Waals surface area contributed by atoms with Gasteiger partial charge in [-0.3, -0.25) is 0 Å². The summed E-state index contributed by atoms with van der Waals surface area (Å²) in [7, 11) is 0. The molecule has 0 unspecified atom stereocenters. The summed E-state index contributed by atoms with van der Waals surface area (Å²) < 4.78 is 10.5. The predicted molar refractivity (Wildman–Crippen MR) is 68.4 cm³/mol. The monoisotopic (exact) mass is 256 g/mol. The maximum atomic E-state index is 10.4. The van der Waals surface area contributed by atoms with E-state index >= 15 is 0 Å². The minimum atomic E-state index is -0.684. The predicted octanol–water partition coefficient (Wildman–Crippen LogP) is 1.41. The molecule has 4 nitrogen and oxygen atoms in total. The van der Waals surface area contributed by atoms with Gasteiger partial charge in [0.2, 0.25) is 0 Å². The third-order valence-electron chi connectivity index (χ3n) is 4.01. The molecule has 0 aromatic heterocycles. The van der Waals surface area contributed by atoms with E-state index in [1.54, 1.807) is 0 Å². The maximum Gasteiger partial charge on any atom is 0.0728 e. The van der Waals surface area contributed by atoms with Crippen molar-refractivity contribution in [1.29, 1.82) is 0 Å². The maximum absolute atomic E-state index is 10.4. The van der Waals surface area contributed by atoms with Crippen molar-refractivity contribution >= 4 is 0 Å². The Kier molecular flexibility index (Phi) is 4.43. The smallest absolute Gasteiger partial charge is 0.0728 e. The number of ether oxygens (including phenoxy) is 2. The first-order valence-corrected chi connectivity index (χ1v) is 6.78. The number of aliphatic hydroxyl groups is 2. The minimum absolute atomic E-state index is 0.569. The molecule has 2 rings (SSSR count). The Balaban J connectivity index is 1.83. The van der Waals surface area contributed by atoms with E-state index in [2.05, 4.69) is 6.58 Å². The highest BCUT2D eigenvalue weighted by molar-refractivity contribution is 5.07. The van der Waals surface area contributed by atoms with Crippen LogP contribution in [0.2, 0.25) is 0 Å². The van der Waals surface area contributed by atoms with Crippen molar-refractivity contribution in [2.75, 3.05) is 26.4 Å². The number of rotatable bonds is 4. The molecule has 2 fully saturated rings. The van der Waals surface area contributed by atoms with Gasteiger partial charge in [-0.25, -0.2) is 0 Å². The van der Waals surface area contributed by atoms with Crippen LogP contribution >= 0.6 is 0 Å². The summed E-state index contributed by atoms with van der Waals surface area (Å²) in [4.78, 5) is 0. The highest BCUT2D eigenvalue weighted by Crippen LogP contribution is 2.33. The van der Waals surface area contributed by atoms with Crippen molar-refractivity contribution in [1.82, 2.24) is 0 Å². The molecule has 0 bridgehead atoms. The molecule has 104 valence electrons. The van der Waals surface area contributed by atoms with Gasteiger partial charge in [0.15, 0.2) is 0 Å². The standard InChI is InChI=1S/C14H24O4/c1-12(10-13(15)2-6-17-7-3-13)11-14(16)4-8-18-9-5-14/h15-16H,1-11H2. The van der Waals surface area contributed by atoms with Gasteiger partial charge < -0.3 is 19.7 Å². The van der Waals surface area contributed by atoms with E-state index < -0.39 is 11.2 Å². The second kappa shape index (κ2) is 5.70. The van der Waals surface area contributed by atoms with Crippen molar-refractivity contribution in [3.63, 3.8) is 0 Å². The van der Waals surface area contributed by atoms with Crippen LogP contribution < -0.4 is 0 Å². The molecule has 2 saturated heterocycles. The Bertz CT molecular complexity index is 260. The van der Waals surface area contributed by atoms with Crippen molar-refractivity contribution in [3.05, 3.63) is 12.2 Å². The van der Waals surface area contributed by atoms with Crippen LogP contribution in [0, 0.1) is 0 Å². The van der Waals surface area contributed by atoms with Crippen molar-refractivity contribution in [3.8, 4) is 0 Å². The molecule has 0 amide bonds. The van der Waals surface area contributed by atoms with Gasteiger partial charge in [-0.15, -0.1) is 0 Å². The average molecular weight is 256 g/mol. The lowest BCUT2D eigenvalue weighted by Gasteiger charge is -2.36. The fourth-order valence-corrected chi connectivity index (χ4v) is 2.85. The van der Waals surface area contributed by atoms with Crippen LogP contribution in [0.3, 0.4) is 0 Å². The Labute approximate surface area is 109 Å². The average Bonchev–Trinajstić information content (AvgIpc) is 2.29. The van der Waals surface area contributed by atoms with Gasteiger partial charge in [0.05, 0.1) is 11.2 Å². The lowest BCUT2D eigenvalue weighted by molar-refractivity contribution is -0.0737. The van der Waals surface area contributed by atoms with Gasteiger partial charge in [0.1, 0.15) is 0 Å². The molecule has 4 heteroatoms. The van der Waals surface area contributed by atoms with E-state index in [-0.39, 0.29) is 0 Å². The normalized spacial score (nSPS) is 26.8. The first kappa shape index (κ1) is 14.0. The summed E-state index contributed by atoms with van der Waals surface area (Å²) in [5.41, 5.74) is -0.433. The van der Waals surface area contributed by atoms with Crippen LogP contribution in [0.1, 0.15) is 38.5 Å². The lowest BCUT2D eigenvalue weighted by atomic mass is 9.81. The van der Waals surface area contributed by atoms with E-state index in [9.17, 15) is 10.2 Å². The largest absolute Gasteiger partial charge is 0.389 e. The van der Waals surface area contributed by atoms with Crippen molar-refractivity contribution in [2.45, 2.75) is 49.7 Å². The zero-order valence-corrected chi connectivity index (χ0v) is 11.0. The van der Waals surface area contributed by atoms with E-state index in [1.165, 1.54) is 0 Å². The summed E-state index contributed by atoms with van der Waals surface area (Å²) in [5.74, 6) is 0. The second-order valence-corrected chi connectivity index (χ2v) is 5.78. The Morgan fingerprint density at radius 3 is 1.50 bits per heavy atom. The van der Waals surface area contributed by atoms with Gasteiger partial charge in [0.25, 0.3) is 0 Å². The summed E-state index contributed by atoms with van der Waals surface area (Å²) in [5, 5.41) is 20.8. The quantitative estimate of drug-likeness (QED) is 0.747. The van der Waals surface area contributed by atoms with Gasteiger partial charge in [-0.05, 0) is 38.5 Å². The highest BCUT2D eigenvalue weighted by atomic mass is 16.5. The molecule has 2 aliphatic heterocycles. The van der Waals surface area contributed by atoms with E-state index in [0.29, 0.717) is 65.0 Å². The Hall–Kier alpha value is -0.420. The molecule has 0 aliphatic carbocycles. The van der Waals surface area contributed by atoms with Crippen LogP contribution in [0.15, 0.2) is 12.2 Å². The molecule has 2 N–H and O–H groups in total. The van der Waals surface area contributed by atoms with Gasteiger partial charge in [0, 0.05) is 26.4 Å². The number of hydrogen-bond acceptors (Lipinski definition) is 4. The van der Waals surface area contributed by atoms with Crippen LogP contribution in [0.4, 0.5) is 0 Å². The molecule has 0 spiro atoms. The van der Waals surface area contributed by atoms with Gasteiger partial charge in [-0.1, -0.05) is 12.2 Å². The van der Waals surface area contributed by atoms with Crippen molar-refractivity contribution in [2.24, 2.45) is 0 Å². The highest BCUT2D eigenvalue weighted by Gasteiger charge is 2.34. The SMILES string of the molecule is C=C(CC1(O)CCOCC1)CC1(O)CCOCC1. The third kappa shape index (κ3) is 3.79. The summed E-state index contributed by atoms with van der Waals surface area (Å²) in [6.45, 7) is 6.48. The fraction of sp³-hybridized carbons (Fsp3) is 0.857. The second-order valence-electron chi connectivity index (χ2n) is 5.78. The van der Waals surface area contributed by atoms with Crippen molar-refractivity contribution < 1.29 is 19.7 Å². The van der Waals surface area contributed by atoms with Crippen LogP contribution in [0.25, 0.3) is 0 Å². The molecule has 2 heterocycles. The molecule has 2 aliphatic rings. The van der Waals surface area contributed by atoms with Crippen LogP contribution in [0.5, 0.6) is 0 Å². The minimum Gasteiger partial charge on any atom is -0.389 e. The van der Waals surface area contributed by atoms with E-state index in [1.807, 2.05) is 0 Å². The first-order chi connectivity index (χ1) is 8.52. The van der Waals surface area contributed by atoms with Crippen LogP contribution in [-0.4, -0.2) is 47.8 Å². The van der Waals surface area contributed by atoms with Gasteiger partial charge in [-0.2, -0.15) is 0 Å². The van der Waals surface area contributed by atoms with Crippen LogP contribution in [-0.2, 0) is 9.47 Å². The molecule has 0 atom stereocenters. The third-order valence-corrected chi connectivity index (χ3v) is 4.01. The Morgan fingerprint density at radius 2 is 1.17 bits per heavy atom.